The molecule has 1 unspecified atom stereocenters. The number of methoxy groups -OCH3 is 1. The van der Waals surface area contributed by atoms with Gasteiger partial charge in [0.25, 0.3) is 0 Å². The van der Waals surface area contributed by atoms with E-state index in [1.807, 2.05) is 14.1 Å². The van der Waals surface area contributed by atoms with Crippen molar-refractivity contribution in [3.8, 4) is 0 Å². The topological polar surface area (TPSA) is 67.3 Å². The van der Waals surface area contributed by atoms with Gasteiger partial charge in [-0.2, -0.15) is 0 Å². The largest absolute Gasteiger partial charge is 0.463 e. The normalized spacial score (nSPS) is 12.6. The minimum Gasteiger partial charge on any atom is -0.463 e. The summed E-state index contributed by atoms with van der Waals surface area (Å²) in [7, 11) is 5.39. The number of hydrogen-bond acceptors (Lipinski definition) is 6. The smallest absolute Gasteiger partial charge is 0.376 e. The van der Waals surface area contributed by atoms with Crippen LogP contribution in [0.2, 0.25) is 0 Å². The summed E-state index contributed by atoms with van der Waals surface area (Å²) in [6.07, 6.45) is 2.58. The predicted molar refractivity (Wildman–Crippen MR) is 78.8 cm³/mol. The number of ether oxygens (including phenoxy) is 1. The van der Waals surface area contributed by atoms with E-state index in [0.29, 0.717) is 11.7 Å². The molecule has 1 heterocycles. The van der Waals surface area contributed by atoms with Gasteiger partial charge in [0.2, 0.25) is 5.82 Å². The molecule has 0 spiro atoms. The molecule has 1 N–H and O–H groups in total. The number of nitrogens with zero attached hydrogens (tertiary/aromatic N) is 3. The Hall–Kier alpha value is -1.69. The average Bonchev–Trinajstić information content (AvgIpc) is 2.36. The Labute approximate surface area is 120 Å². The Morgan fingerprint density at radius 3 is 2.70 bits per heavy atom. The van der Waals surface area contributed by atoms with Crippen molar-refractivity contribution in [1.82, 2.24) is 14.9 Å². The number of nitrogens with one attached hydrogen (secondary N) is 1. The summed E-state index contributed by atoms with van der Waals surface area (Å²) in [5, 5.41) is 3.36. The van der Waals surface area contributed by atoms with E-state index in [2.05, 4.69) is 38.8 Å². The maximum absolute atomic E-state index is 11.4. The standard InChI is InChI=1S/C14H24N4O2/c1-10(2)8-11(9-18(3)4)16-12-6-7-15-13(17-12)14(19)20-5/h6-7,10-11H,8-9H2,1-5H3,(H,15,16,17). The molecule has 112 valence electrons. The highest BCUT2D eigenvalue weighted by atomic mass is 16.5. The Balaban J connectivity index is 2.79. The minimum absolute atomic E-state index is 0.0747. The van der Waals surface area contributed by atoms with Crippen LogP contribution in [0, 0.1) is 5.92 Å². The Kier molecular flexibility index (Phi) is 6.38. The van der Waals surface area contributed by atoms with Crippen LogP contribution in [0.4, 0.5) is 5.82 Å². The number of esters is 1. The highest BCUT2D eigenvalue weighted by molar-refractivity contribution is 5.85. The summed E-state index contributed by atoms with van der Waals surface area (Å²) >= 11 is 0. The van der Waals surface area contributed by atoms with Gasteiger partial charge < -0.3 is 15.0 Å². The van der Waals surface area contributed by atoms with Crippen molar-refractivity contribution in [2.75, 3.05) is 33.1 Å². The lowest BCUT2D eigenvalue weighted by molar-refractivity contribution is 0.0587. The molecule has 0 fully saturated rings. The van der Waals surface area contributed by atoms with Gasteiger partial charge in [-0.05, 0) is 32.5 Å². The molecule has 20 heavy (non-hydrogen) atoms. The second-order valence-electron chi connectivity index (χ2n) is 5.49. The first-order chi connectivity index (χ1) is 9.42. The van der Waals surface area contributed by atoms with Crippen LogP contribution in [0.15, 0.2) is 12.3 Å². The summed E-state index contributed by atoms with van der Waals surface area (Å²) in [4.78, 5) is 21.6. The molecule has 0 aliphatic rings. The zero-order valence-electron chi connectivity index (χ0n) is 12.9. The molecule has 0 aliphatic carbocycles. The molecule has 0 radical (unpaired) electrons. The molecule has 0 saturated carbocycles. The highest BCUT2D eigenvalue weighted by Gasteiger charge is 2.14. The van der Waals surface area contributed by atoms with E-state index >= 15 is 0 Å². The van der Waals surface area contributed by atoms with E-state index in [1.54, 1.807) is 12.3 Å². The van der Waals surface area contributed by atoms with E-state index in [4.69, 9.17) is 0 Å². The molecule has 1 aromatic heterocycles. The first-order valence-corrected chi connectivity index (χ1v) is 6.75. The van der Waals surface area contributed by atoms with Gasteiger partial charge in [-0.1, -0.05) is 13.8 Å². The number of likely N-dealkylation sites (N-methyl/N-ethyl adjacent to an activating group) is 1. The van der Waals surface area contributed by atoms with Gasteiger partial charge in [0.15, 0.2) is 0 Å². The van der Waals surface area contributed by atoms with Gasteiger partial charge in [0, 0.05) is 18.8 Å². The SMILES string of the molecule is COC(=O)c1nccc(NC(CC(C)C)CN(C)C)n1. The molecule has 0 aliphatic heterocycles. The van der Waals surface area contributed by atoms with Crippen molar-refractivity contribution in [2.45, 2.75) is 26.3 Å². The molecule has 6 heteroatoms. The number of rotatable bonds is 7. The number of anilines is 1. The molecule has 6 nitrogen and oxygen atoms in total. The van der Waals surface area contributed by atoms with Crippen LogP contribution in [0.1, 0.15) is 30.9 Å². The van der Waals surface area contributed by atoms with Crippen LogP contribution in [-0.4, -0.2) is 54.6 Å². The van der Waals surface area contributed by atoms with E-state index in [0.717, 1.165) is 13.0 Å². The monoisotopic (exact) mass is 280 g/mol. The maximum Gasteiger partial charge on any atom is 0.376 e. The van der Waals surface area contributed by atoms with Crippen molar-refractivity contribution in [1.29, 1.82) is 0 Å². The number of hydrogen-bond donors (Lipinski definition) is 1. The van der Waals surface area contributed by atoms with Crippen molar-refractivity contribution in [3.05, 3.63) is 18.1 Å². The Morgan fingerprint density at radius 2 is 2.15 bits per heavy atom. The first kappa shape index (κ1) is 16.4. The fourth-order valence-corrected chi connectivity index (χ4v) is 2.03. The average molecular weight is 280 g/mol. The molecule has 0 amide bonds. The molecule has 1 aromatic rings. The Morgan fingerprint density at radius 1 is 1.45 bits per heavy atom. The van der Waals surface area contributed by atoms with E-state index in [-0.39, 0.29) is 11.9 Å². The summed E-state index contributed by atoms with van der Waals surface area (Å²) in [5.74, 6) is 0.773. The molecule has 0 saturated heterocycles. The lowest BCUT2D eigenvalue weighted by Gasteiger charge is -2.24. The van der Waals surface area contributed by atoms with Crippen molar-refractivity contribution in [3.63, 3.8) is 0 Å². The zero-order chi connectivity index (χ0) is 15.1. The summed E-state index contributed by atoms with van der Waals surface area (Å²) in [6.45, 7) is 5.27. The quantitative estimate of drug-likeness (QED) is 0.766. The molecule has 1 atom stereocenters. The maximum atomic E-state index is 11.4. The van der Waals surface area contributed by atoms with Gasteiger partial charge in [-0.15, -0.1) is 0 Å². The molecule has 0 aromatic carbocycles. The fraction of sp³-hybridized carbons (Fsp3) is 0.643. The third kappa shape index (κ3) is 5.52. The summed E-state index contributed by atoms with van der Waals surface area (Å²) < 4.78 is 4.63. The second-order valence-corrected chi connectivity index (χ2v) is 5.49. The van der Waals surface area contributed by atoms with E-state index in [9.17, 15) is 4.79 Å². The molecular weight excluding hydrogens is 256 g/mol. The van der Waals surface area contributed by atoms with E-state index in [1.165, 1.54) is 7.11 Å². The number of carbonyl (C=O) groups excluding carboxylic acids is 1. The van der Waals surface area contributed by atoms with Crippen LogP contribution in [0.5, 0.6) is 0 Å². The van der Waals surface area contributed by atoms with Crippen molar-refractivity contribution < 1.29 is 9.53 Å². The summed E-state index contributed by atoms with van der Waals surface area (Å²) in [5.41, 5.74) is 0. The molecule has 0 bridgehead atoms. The van der Waals surface area contributed by atoms with Crippen molar-refractivity contribution >= 4 is 11.8 Å². The van der Waals surface area contributed by atoms with Crippen LogP contribution in [0.25, 0.3) is 0 Å². The fourth-order valence-electron chi connectivity index (χ4n) is 2.03. The van der Waals surface area contributed by atoms with Gasteiger partial charge >= 0.3 is 5.97 Å². The number of carbonyl (C=O) groups is 1. The molecule has 1 rings (SSSR count). The van der Waals surface area contributed by atoms with Crippen LogP contribution >= 0.6 is 0 Å². The second kappa shape index (κ2) is 7.79. The zero-order valence-corrected chi connectivity index (χ0v) is 12.9. The summed E-state index contributed by atoms with van der Waals surface area (Å²) in [6, 6.07) is 2.03. The highest BCUT2D eigenvalue weighted by Crippen LogP contribution is 2.12. The van der Waals surface area contributed by atoms with Crippen molar-refractivity contribution in [2.24, 2.45) is 5.92 Å². The van der Waals surface area contributed by atoms with Crippen LogP contribution in [0.3, 0.4) is 0 Å². The lowest BCUT2D eigenvalue weighted by atomic mass is 10.0. The van der Waals surface area contributed by atoms with Gasteiger partial charge in [0.1, 0.15) is 5.82 Å². The third-order valence-electron chi connectivity index (χ3n) is 2.72. The third-order valence-corrected chi connectivity index (χ3v) is 2.72. The Bertz CT molecular complexity index is 425. The lowest BCUT2D eigenvalue weighted by Crippen LogP contribution is -2.34. The van der Waals surface area contributed by atoms with E-state index < -0.39 is 5.97 Å². The van der Waals surface area contributed by atoms with Gasteiger partial charge in [-0.3, -0.25) is 0 Å². The van der Waals surface area contributed by atoms with Gasteiger partial charge in [-0.25, -0.2) is 14.8 Å². The van der Waals surface area contributed by atoms with Crippen LogP contribution in [-0.2, 0) is 4.74 Å². The minimum atomic E-state index is -0.526. The first-order valence-electron chi connectivity index (χ1n) is 6.75. The predicted octanol–water partition coefficient (Wildman–Crippen LogP) is 1.65. The number of aromatic nitrogens is 2. The van der Waals surface area contributed by atoms with Gasteiger partial charge in [0.05, 0.1) is 7.11 Å². The molecular formula is C14H24N4O2. The van der Waals surface area contributed by atoms with Crippen LogP contribution < -0.4 is 5.32 Å².